The van der Waals surface area contributed by atoms with Gasteiger partial charge < -0.3 is 20.3 Å². The number of carboxylic acid groups (broad SMARTS) is 1. The minimum atomic E-state index is -1.17. The first-order valence-electron chi connectivity index (χ1n) is 6.84. The highest BCUT2D eigenvalue weighted by Gasteiger charge is 2.18. The normalized spacial score (nSPS) is 11.8. The Labute approximate surface area is 137 Å². The number of methoxy groups -OCH3 is 1. The lowest BCUT2D eigenvalue weighted by Gasteiger charge is -2.13. The zero-order chi connectivity index (χ0) is 17.0. The lowest BCUT2D eigenvalue weighted by Crippen LogP contribution is -2.29. The minimum absolute atomic E-state index is 0.0451. The minimum Gasteiger partial charge on any atom is -0.496 e. The summed E-state index contributed by atoms with van der Waals surface area (Å²) in [6.45, 7) is 1.74. The molecule has 0 aliphatic heterocycles. The van der Waals surface area contributed by atoms with Gasteiger partial charge >= 0.3 is 5.97 Å². The number of nitrogens with one attached hydrogen (secondary N) is 1. The van der Waals surface area contributed by atoms with Gasteiger partial charge in [0, 0.05) is 12.1 Å². The summed E-state index contributed by atoms with van der Waals surface area (Å²) < 4.78 is 5.02. The van der Waals surface area contributed by atoms with E-state index in [9.17, 15) is 19.8 Å². The predicted molar refractivity (Wildman–Crippen MR) is 86.3 cm³/mol. The first kappa shape index (κ1) is 17.0. The van der Waals surface area contributed by atoms with E-state index in [2.05, 4.69) is 5.32 Å². The summed E-state index contributed by atoms with van der Waals surface area (Å²) in [6, 6.07) is 4.57. The van der Waals surface area contributed by atoms with Gasteiger partial charge in [-0.05, 0) is 47.0 Å². The Morgan fingerprint density at radius 3 is 2.65 bits per heavy atom. The average Bonchev–Trinajstić information content (AvgIpc) is 3.06. The molecule has 7 heteroatoms. The van der Waals surface area contributed by atoms with Crippen molar-refractivity contribution in [1.82, 2.24) is 5.32 Å². The Morgan fingerprint density at radius 1 is 1.35 bits per heavy atom. The van der Waals surface area contributed by atoms with E-state index >= 15 is 0 Å². The maximum Gasteiger partial charge on any atom is 0.339 e. The van der Waals surface area contributed by atoms with Crippen LogP contribution in [0.3, 0.4) is 0 Å². The topological polar surface area (TPSA) is 95.9 Å². The number of aryl methyl sites for hydroxylation is 1. The van der Waals surface area contributed by atoms with Crippen molar-refractivity contribution >= 4 is 23.2 Å². The van der Waals surface area contributed by atoms with Gasteiger partial charge in [0.05, 0.1) is 13.2 Å². The van der Waals surface area contributed by atoms with E-state index in [0.717, 1.165) is 5.56 Å². The van der Waals surface area contributed by atoms with E-state index in [1.807, 2.05) is 5.38 Å². The monoisotopic (exact) mass is 335 g/mol. The highest BCUT2D eigenvalue weighted by atomic mass is 32.1. The third-order valence-electron chi connectivity index (χ3n) is 3.41. The molecular formula is C16H17NO5S. The molecule has 0 radical (unpaired) electrons. The van der Waals surface area contributed by atoms with Gasteiger partial charge in [-0.15, -0.1) is 0 Å². The van der Waals surface area contributed by atoms with Crippen molar-refractivity contribution in [2.24, 2.45) is 0 Å². The number of carboxylic acids is 1. The molecule has 0 saturated heterocycles. The van der Waals surface area contributed by atoms with Crippen molar-refractivity contribution in [2.45, 2.75) is 13.0 Å². The van der Waals surface area contributed by atoms with Crippen LogP contribution in [0, 0.1) is 6.92 Å². The molecule has 1 heterocycles. The molecule has 1 amide bonds. The summed E-state index contributed by atoms with van der Waals surface area (Å²) in [7, 11) is 1.37. The fraction of sp³-hybridized carbons (Fsp3) is 0.250. The van der Waals surface area contributed by atoms with Gasteiger partial charge in [0.15, 0.2) is 0 Å². The molecule has 1 aromatic carbocycles. The van der Waals surface area contributed by atoms with Gasteiger partial charge in [-0.3, -0.25) is 4.79 Å². The van der Waals surface area contributed by atoms with Crippen LogP contribution in [-0.2, 0) is 0 Å². The standard InChI is InChI=1S/C16H17NO5S/c1-9-5-14(22-2)12(16(20)21)6-11(9)15(19)17-7-13(18)10-3-4-23-8-10/h3-6,8,13,18H,7H2,1-2H3,(H,17,19)(H,20,21). The number of aliphatic hydroxyl groups is 1. The number of benzene rings is 1. The lowest BCUT2D eigenvalue weighted by molar-refractivity contribution is 0.0693. The van der Waals surface area contributed by atoms with E-state index in [0.29, 0.717) is 5.56 Å². The van der Waals surface area contributed by atoms with Gasteiger partial charge in [-0.1, -0.05) is 0 Å². The van der Waals surface area contributed by atoms with Gasteiger partial charge in [0.2, 0.25) is 0 Å². The second kappa shape index (κ2) is 7.26. The first-order valence-corrected chi connectivity index (χ1v) is 7.78. The van der Waals surface area contributed by atoms with Crippen LogP contribution in [-0.4, -0.2) is 35.7 Å². The molecule has 1 aromatic heterocycles. The Morgan fingerprint density at radius 2 is 2.09 bits per heavy atom. The van der Waals surface area contributed by atoms with Crippen molar-refractivity contribution in [1.29, 1.82) is 0 Å². The third-order valence-corrected chi connectivity index (χ3v) is 4.11. The maximum absolute atomic E-state index is 12.3. The van der Waals surface area contributed by atoms with Gasteiger partial charge in [-0.25, -0.2) is 4.79 Å². The van der Waals surface area contributed by atoms with Crippen LogP contribution in [0.1, 0.15) is 37.9 Å². The van der Waals surface area contributed by atoms with Gasteiger partial charge in [0.1, 0.15) is 11.3 Å². The van der Waals surface area contributed by atoms with Crippen LogP contribution >= 0.6 is 11.3 Å². The number of hydrogen-bond acceptors (Lipinski definition) is 5. The van der Waals surface area contributed by atoms with Crippen LogP contribution in [0.5, 0.6) is 5.75 Å². The predicted octanol–water partition coefficient (Wildman–Crippen LogP) is 2.23. The summed E-state index contributed by atoms with van der Waals surface area (Å²) in [5.41, 5.74) is 1.48. The number of amides is 1. The fourth-order valence-corrected chi connectivity index (χ4v) is 2.84. The largest absolute Gasteiger partial charge is 0.496 e. The number of aliphatic hydroxyl groups excluding tert-OH is 1. The summed E-state index contributed by atoms with van der Waals surface area (Å²) in [4.78, 5) is 23.5. The number of hydrogen-bond donors (Lipinski definition) is 3. The molecule has 23 heavy (non-hydrogen) atoms. The zero-order valence-corrected chi connectivity index (χ0v) is 13.5. The molecule has 0 bridgehead atoms. The number of carbonyl (C=O) groups is 2. The van der Waals surface area contributed by atoms with E-state index < -0.39 is 18.0 Å². The summed E-state index contributed by atoms with van der Waals surface area (Å²) >= 11 is 1.46. The SMILES string of the molecule is COc1cc(C)c(C(=O)NCC(O)c2ccsc2)cc1C(=O)O. The van der Waals surface area contributed by atoms with Gasteiger partial charge in [-0.2, -0.15) is 11.3 Å². The van der Waals surface area contributed by atoms with E-state index in [4.69, 9.17) is 4.74 Å². The highest BCUT2D eigenvalue weighted by Crippen LogP contribution is 2.24. The van der Waals surface area contributed by atoms with Crippen molar-refractivity contribution in [2.75, 3.05) is 13.7 Å². The fourth-order valence-electron chi connectivity index (χ4n) is 2.13. The Balaban J connectivity index is 2.15. The molecule has 6 nitrogen and oxygen atoms in total. The molecule has 2 rings (SSSR count). The zero-order valence-electron chi connectivity index (χ0n) is 12.7. The number of ether oxygens (including phenoxy) is 1. The number of carbonyl (C=O) groups excluding carboxylic acids is 1. The second-order valence-electron chi connectivity index (χ2n) is 4.96. The third kappa shape index (κ3) is 3.88. The molecule has 0 aliphatic carbocycles. The number of thiophene rings is 1. The summed E-state index contributed by atoms with van der Waals surface area (Å²) in [5.74, 6) is -1.42. The van der Waals surface area contributed by atoms with Crippen molar-refractivity contribution in [3.8, 4) is 5.75 Å². The molecule has 1 atom stereocenters. The molecule has 0 spiro atoms. The molecule has 3 N–H and O–H groups in total. The van der Waals surface area contributed by atoms with Gasteiger partial charge in [0.25, 0.3) is 5.91 Å². The number of aromatic carboxylic acids is 1. The van der Waals surface area contributed by atoms with Crippen LogP contribution in [0.4, 0.5) is 0 Å². The van der Waals surface area contributed by atoms with E-state index in [-0.39, 0.29) is 23.4 Å². The molecule has 0 fully saturated rings. The highest BCUT2D eigenvalue weighted by molar-refractivity contribution is 7.07. The molecule has 1 unspecified atom stereocenters. The van der Waals surface area contributed by atoms with Crippen LogP contribution in [0.25, 0.3) is 0 Å². The first-order chi connectivity index (χ1) is 10.9. The van der Waals surface area contributed by atoms with Crippen molar-refractivity contribution < 1.29 is 24.5 Å². The lowest BCUT2D eigenvalue weighted by atomic mass is 10.0. The summed E-state index contributed by atoms with van der Waals surface area (Å²) in [6.07, 6.45) is -0.803. The van der Waals surface area contributed by atoms with E-state index in [1.54, 1.807) is 18.4 Å². The Kier molecular flexibility index (Phi) is 5.36. The summed E-state index contributed by atoms with van der Waals surface area (Å²) in [5, 5.41) is 25.4. The van der Waals surface area contributed by atoms with Crippen LogP contribution < -0.4 is 10.1 Å². The Hall–Kier alpha value is -2.38. The van der Waals surface area contributed by atoms with Crippen molar-refractivity contribution in [3.05, 3.63) is 51.2 Å². The maximum atomic E-state index is 12.3. The quantitative estimate of drug-likeness (QED) is 0.752. The molecule has 122 valence electrons. The van der Waals surface area contributed by atoms with Crippen molar-refractivity contribution in [3.63, 3.8) is 0 Å². The second-order valence-corrected chi connectivity index (χ2v) is 5.74. The average molecular weight is 335 g/mol. The molecule has 2 aromatic rings. The van der Waals surface area contributed by atoms with E-state index in [1.165, 1.54) is 30.6 Å². The smallest absolute Gasteiger partial charge is 0.339 e. The van der Waals surface area contributed by atoms with Crippen LogP contribution in [0.2, 0.25) is 0 Å². The number of rotatable bonds is 6. The molecular weight excluding hydrogens is 318 g/mol. The molecule has 0 saturated carbocycles. The molecule has 0 aliphatic rings. The van der Waals surface area contributed by atoms with Crippen LogP contribution in [0.15, 0.2) is 29.0 Å². The Bertz CT molecular complexity index is 712.